The van der Waals surface area contributed by atoms with Crippen LogP contribution in [0.1, 0.15) is 10.4 Å². The predicted octanol–water partition coefficient (Wildman–Crippen LogP) is 1.19. The lowest BCUT2D eigenvalue weighted by atomic mass is 10.2. The lowest BCUT2D eigenvalue weighted by molar-refractivity contribution is 0.112. The first-order valence-corrected chi connectivity index (χ1v) is 2.95. The van der Waals surface area contributed by atoms with Crippen molar-refractivity contribution in [2.24, 2.45) is 0 Å². The van der Waals surface area contributed by atoms with Gasteiger partial charge in [-0.05, 0) is 12.1 Å². The first-order chi connectivity index (χ1) is 5.24. The van der Waals surface area contributed by atoms with Crippen molar-refractivity contribution < 1.29 is 10.0 Å². The SMILES string of the molecule is O=Cc1cccc(N([O-])O)c1. The molecule has 0 atom stereocenters. The van der Waals surface area contributed by atoms with E-state index in [2.05, 4.69) is 0 Å². The van der Waals surface area contributed by atoms with Crippen molar-refractivity contribution in [3.05, 3.63) is 35.0 Å². The van der Waals surface area contributed by atoms with Crippen LogP contribution in [0.25, 0.3) is 0 Å². The summed E-state index contributed by atoms with van der Waals surface area (Å²) in [5.74, 6) is 0. The van der Waals surface area contributed by atoms with Gasteiger partial charge in [0.25, 0.3) is 0 Å². The van der Waals surface area contributed by atoms with E-state index in [9.17, 15) is 10.0 Å². The first kappa shape index (κ1) is 7.71. The van der Waals surface area contributed by atoms with Gasteiger partial charge in [-0.3, -0.25) is 10.0 Å². The lowest BCUT2D eigenvalue weighted by Crippen LogP contribution is -2.06. The second-order valence-electron chi connectivity index (χ2n) is 1.99. The number of hydrogen-bond donors (Lipinski definition) is 1. The Kier molecular flexibility index (Phi) is 2.20. The van der Waals surface area contributed by atoms with E-state index in [1.165, 1.54) is 18.2 Å². The van der Waals surface area contributed by atoms with Crippen molar-refractivity contribution in [1.82, 2.24) is 0 Å². The molecule has 1 aromatic carbocycles. The van der Waals surface area contributed by atoms with Gasteiger partial charge in [-0.2, -0.15) is 0 Å². The molecule has 0 aliphatic carbocycles. The van der Waals surface area contributed by atoms with Gasteiger partial charge in [-0.25, -0.2) is 0 Å². The van der Waals surface area contributed by atoms with E-state index in [-0.39, 0.29) is 10.9 Å². The summed E-state index contributed by atoms with van der Waals surface area (Å²) in [5, 5.41) is 18.4. The van der Waals surface area contributed by atoms with Crippen molar-refractivity contribution in [3.63, 3.8) is 0 Å². The summed E-state index contributed by atoms with van der Waals surface area (Å²) >= 11 is 0. The van der Waals surface area contributed by atoms with E-state index < -0.39 is 0 Å². The van der Waals surface area contributed by atoms with Gasteiger partial charge in [0.1, 0.15) is 6.29 Å². The number of nitrogens with zero attached hydrogens (tertiary/aromatic N) is 1. The van der Waals surface area contributed by atoms with Crippen LogP contribution in [0.5, 0.6) is 0 Å². The van der Waals surface area contributed by atoms with Gasteiger partial charge < -0.3 is 10.4 Å². The summed E-state index contributed by atoms with van der Waals surface area (Å²) in [6.45, 7) is 0. The number of rotatable bonds is 2. The molecule has 0 amide bonds. The second kappa shape index (κ2) is 3.14. The molecule has 0 saturated heterocycles. The highest BCUT2D eigenvalue weighted by Crippen LogP contribution is 2.11. The van der Waals surface area contributed by atoms with Crippen molar-refractivity contribution >= 4 is 12.0 Å². The molecule has 4 heteroatoms. The monoisotopic (exact) mass is 152 g/mol. The molecule has 0 radical (unpaired) electrons. The predicted molar refractivity (Wildman–Crippen MR) is 39.5 cm³/mol. The molecule has 4 nitrogen and oxygen atoms in total. The van der Waals surface area contributed by atoms with Gasteiger partial charge in [0.2, 0.25) is 0 Å². The van der Waals surface area contributed by atoms with Crippen molar-refractivity contribution in [1.29, 1.82) is 0 Å². The molecule has 0 bridgehead atoms. The summed E-state index contributed by atoms with van der Waals surface area (Å²) < 4.78 is 0. The van der Waals surface area contributed by atoms with E-state index in [1.54, 1.807) is 6.07 Å². The molecule has 58 valence electrons. The van der Waals surface area contributed by atoms with Crippen LogP contribution in [0.3, 0.4) is 0 Å². The van der Waals surface area contributed by atoms with Crippen LogP contribution in [0.4, 0.5) is 5.69 Å². The van der Waals surface area contributed by atoms with Crippen LogP contribution in [-0.4, -0.2) is 11.5 Å². The quantitative estimate of drug-likeness (QED) is 0.510. The van der Waals surface area contributed by atoms with E-state index in [1.807, 2.05) is 0 Å². The minimum atomic E-state index is -0.285. The highest BCUT2D eigenvalue weighted by molar-refractivity contribution is 5.76. The molecule has 0 heterocycles. The Hall–Kier alpha value is -1.39. The minimum absolute atomic E-state index is 0.0506. The summed E-state index contributed by atoms with van der Waals surface area (Å²) in [6.07, 6.45) is 0.604. The van der Waals surface area contributed by atoms with E-state index in [0.29, 0.717) is 11.8 Å². The molecule has 0 saturated carbocycles. The standard InChI is InChI=1S/C7H6NO3/c9-5-6-2-1-3-7(4-6)8(10)11/h1-5,10H/q-1. The van der Waals surface area contributed by atoms with Gasteiger partial charge in [0, 0.05) is 5.56 Å². The number of anilines is 1. The highest BCUT2D eigenvalue weighted by atomic mass is 16.8. The Balaban J connectivity index is 3.00. The molecule has 1 rings (SSSR count). The zero-order valence-electron chi connectivity index (χ0n) is 5.60. The second-order valence-corrected chi connectivity index (χ2v) is 1.99. The third kappa shape index (κ3) is 1.76. The maximum absolute atomic E-state index is 10.3. The maximum atomic E-state index is 10.3. The average Bonchev–Trinajstić information content (AvgIpc) is 2.05. The van der Waals surface area contributed by atoms with Crippen LogP contribution in [0.2, 0.25) is 0 Å². The number of benzene rings is 1. The third-order valence-electron chi connectivity index (χ3n) is 1.23. The first-order valence-electron chi connectivity index (χ1n) is 2.95. The maximum Gasteiger partial charge on any atom is 0.150 e. The molecular formula is C7H6NO3-. The number of hydrogen-bond acceptors (Lipinski definition) is 4. The molecule has 0 spiro atoms. The zero-order valence-corrected chi connectivity index (χ0v) is 5.60. The zero-order chi connectivity index (χ0) is 8.27. The molecule has 0 aliphatic rings. The normalized spacial score (nSPS) is 9.27. The van der Waals surface area contributed by atoms with Crippen LogP contribution >= 0.6 is 0 Å². The molecule has 1 aromatic rings. The molecular weight excluding hydrogens is 146 g/mol. The van der Waals surface area contributed by atoms with Crippen molar-refractivity contribution in [2.75, 3.05) is 5.23 Å². The Bertz CT molecular complexity index is 260. The lowest BCUT2D eigenvalue weighted by Gasteiger charge is -2.21. The minimum Gasteiger partial charge on any atom is -0.733 e. The van der Waals surface area contributed by atoms with E-state index in [4.69, 9.17) is 5.21 Å². The van der Waals surface area contributed by atoms with Crippen LogP contribution < -0.4 is 5.23 Å². The Morgan fingerprint density at radius 2 is 2.27 bits per heavy atom. The third-order valence-corrected chi connectivity index (χ3v) is 1.23. The van der Waals surface area contributed by atoms with Crippen molar-refractivity contribution in [3.8, 4) is 0 Å². The van der Waals surface area contributed by atoms with Gasteiger partial charge in [0.15, 0.2) is 0 Å². The van der Waals surface area contributed by atoms with Gasteiger partial charge in [-0.15, -0.1) is 0 Å². The molecule has 0 fully saturated rings. The Morgan fingerprint density at radius 1 is 1.55 bits per heavy atom. The fourth-order valence-corrected chi connectivity index (χ4v) is 0.717. The highest BCUT2D eigenvalue weighted by Gasteiger charge is 1.92. The average molecular weight is 152 g/mol. The largest absolute Gasteiger partial charge is 0.733 e. The molecule has 11 heavy (non-hydrogen) atoms. The molecule has 0 aliphatic heterocycles. The van der Waals surface area contributed by atoms with Gasteiger partial charge in [-0.1, -0.05) is 12.1 Å². The summed E-state index contributed by atoms with van der Waals surface area (Å²) in [4.78, 5) is 10.2. The summed E-state index contributed by atoms with van der Waals surface area (Å²) in [6, 6.07) is 5.75. The number of carbonyl (C=O) groups excluding carboxylic acids is 1. The Morgan fingerprint density at radius 3 is 2.82 bits per heavy atom. The van der Waals surface area contributed by atoms with Crippen LogP contribution in [-0.2, 0) is 0 Å². The van der Waals surface area contributed by atoms with E-state index in [0.717, 1.165) is 0 Å². The number of carbonyl (C=O) groups is 1. The fraction of sp³-hybridized carbons (Fsp3) is 0. The van der Waals surface area contributed by atoms with Crippen LogP contribution in [0, 0.1) is 5.21 Å². The topological polar surface area (TPSA) is 63.6 Å². The number of aldehydes is 1. The van der Waals surface area contributed by atoms with E-state index >= 15 is 0 Å². The molecule has 0 aromatic heterocycles. The fourth-order valence-electron chi connectivity index (χ4n) is 0.717. The van der Waals surface area contributed by atoms with Gasteiger partial charge >= 0.3 is 0 Å². The van der Waals surface area contributed by atoms with Gasteiger partial charge in [0.05, 0.1) is 5.69 Å². The van der Waals surface area contributed by atoms with Crippen molar-refractivity contribution in [2.45, 2.75) is 0 Å². The van der Waals surface area contributed by atoms with Crippen LogP contribution in [0.15, 0.2) is 24.3 Å². The molecule has 1 N–H and O–H groups in total. The summed E-state index contributed by atoms with van der Waals surface area (Å²) in [5.41, 5.74) is 0.409. The summed E-state index contributed by atoms with van der Waals surface area (Å²) in [7, 11) is 0. The smallest absolute Gasteiger partial charge is 0.150 e. The Labute approximate surface area is 63.2 Å². The molecule has 0 unspecified atom stereocenters.